The Labute approximate surface area is 182 Å². The normalized spacial score (nSPS) is 20.2. The molecular formula is C26H45NOS. The number of nitrogens with one attached hydrogen (secondary N) is 1. The second-order valence-corrected chi connectivity index (χ2v) is 14.3. The summed E-state index contributed by atoms with van der Waals surface area (Å²) in [6.07, 6.45) is 10.1. The van der Waals surface area contributed by atoms with Gasteiger partial charge in [0.05, 0.1) is 5.60 Å². The van der Waals surface area contributed by atoms with Crippen LogP contribution in [0.15, 0.2) is 24.3 Å². The first-order valence-corrected chi connectivity index (χ1v) is 13.6. The Morgan fingerprint density at radius 1 is 0.966 bits per heavy atom. The first-order valence-electron chi connectivity index (χ1n) is 11.3. The Balaban J connectivity index is 2.04. The van der Waals surface area contributed by atoms with Crippen LogP contribution in [0.5, 0.6) is 0 Å². The molecule has 1 aromatic carbocycles. The van der Waals surface area contributed by atoms with Crippen LogP contribution in [0.1, 0.15) is 96.1 Å². The van der Waals surface area contributed by atoms with Gasteiger partial charge in [-0.25, -0.2) is 0 Å². The lowest BCUT2D eigenvalue weighted by atomic mass is 10.0. The van der Waals surface area contributed by atoms with Gasteiger partial charge in [-0.05, 0) is 103 Å². The molecule has 3 heteroatoms. The summed E-state index contributed by atoms with van der Waals surface area (Å²) in [6.45, 7) is 18.8. The minimum atomic E-state index is -1.01. The Morgan fingerprint density at radius 2 is 1.62 bits per heavy atom. The molecule has 1 aliphatic carbocycles. The smallest absolute Gasteiger partial charge is 0.0598 e. The van der Waals surface area contributed by atoms with E-state index in [0.29, 0.717) is 5.25 Å². The largest absolute Gasteiger partial charge is 0.376 e. The minimum Gasteiger partial charge on any atom is -0.376 e. The van der Waals surface area contributed by atoms with Crippen LogP contribution in [0.4, 0.5) is 0 Å². The van der Waals surface area contributed by atoms with Crippen molar-refractivity contribution in [2.75, 3.05) is 18.6 Å². The maximum atomic E-state index is 5.87. The van der Waals surface area contributed by atoms with Gasteiger partial charge >= 0.3 is 0 Å². The average molecular weight is 420 g/mol. The number of ether oxygens (including phenoxy) is 1. The van der Waals surface area contributed by atoms with Gasteiger partial charge in [-0.2, -0.15) is 10.2 Å². The Hall–Kier alpha value is -0.770. The van der Waals surface area contributed by atoms with Crippen molar-refractivity contribution in [2.24, 2.45) is 0 Å². The van der Waals surface area contributed by atoms with Crippen molar-refractivity contribution in [3.05, 3.63) is 41.0 Å². The highest BCUT2D eigenvalue weighted by molar-refractivity contribution is 8.31. The van der Waals surface area contributed by atoms with E-state index in [1.807, 2.05) is 0 Å². The lowest BCUT2D eigenvalue weighted by Crippen LogP contribution is -2.40. The number of rotatable bonds is 9. The summed E-state index contributed by atoms with van der Waals surface area (Å²) in [5.41, 5.74) is 6.00. The zero-order chi connectivity index (χ0) is 21.9. The number of allylic oxidation sites excluding steroid dienone is 1. The van der Waals surface area contributed by atoms with Gasteiger partial charge in [0.25, 0.3) is 0 Å². The van der Waals surface area contributed by atoms with Crippen LogP contribution >= 0.6 is 10.2 Å². The van der Waals surface area contributed by atoms with Crippen LogP contribution in [-0.2, 0) is 4.74 Å². The molecule has 1 aromatic rings. The predicted octanol–water partition coefficient (Wildman–Crippen LogP) is 7.57. The van der Waals surface area contributed by atoms with E-state index in [2.05, 4.69) is 90.6 Å². The number of hydrogen-bond acceptors (Lipinski definition) is 2. The molecule has 1 aliphatic rings. The quantitative estimate of drug-likeness (QED) is 0.417. The third-order valence-corrected chi connectivity index (χ3v) is 9.23. The molecule has 0 radical (unpaired) electrons. The number of unbranched alkanes of at least 4 members (excludes halogenated alkanes) is 3. The van der Waals surface area contributed by atoms with Gasteiger partial charge in [0.15, 0.2) is 0 Å². The van der Waals surface area contributed by atoms with Gasteiger partial charge in [0, 0.05) is 17.4 Å². The van der Waals surface area contributed by atoms with E-state index in [-0.39, 0.29) is 11.1 Å². The highest BCUT2D eigenvalue weighted by Gasteiger charge is 2.36. The van der Waals surface area contributed by atoms with Gasteiger partial charge in [0.1, 0.15) is 0 Å². The molecule has 0 spiro atoms. The van der Waals surface area contributed by atoms with Gasteiger partial charge in [-0.15, -0.1) is 0 Å². The van der Waals surface area contributed by atoms with Crippen LogP contribution in [0.2, 0.25) is 0 Å². The molecule has 1 N–H and O–H groups in total. The van der Waals surface area contributed by atoms with E-state index in [1.165, 1.54) is 53.7 Å². The molecule has 0 heterocycles. The first kappa shape index (κ1) is 24.5. The Kier molecular flexibility index (Phi) is 8.09. The third-order valence-electron chi connectivity index (χ3n) is 5.50. The maximum Gasteiger partial charge on any atom is 0.0598 e. The summed E-state index contributed by atoms with van der Waals surface area (Å²) in [5, 5.41) is 0.515. The fourth-order valence-electron chi connectivity index (χ4n) is 4.47. The SMILES string of the molecule is CC1=CC(S(C)(CCCCCCOC(C)(C)C)NC(C)(C)C)c2cccc(C)c21. The summed E-state index contributed by atoms with van der Waals surface area (Å²) in [5.74, 6) is 1.27. The molecule has 2 rings (SSSR count). The molecule has 0 bridgehead atoms. The van der Waals surface area contributed by atoms with Gasteiger partial charge < -0.3 is 4.74 Å². The highest BCUT2D eigenvalue weighted by atomic mass is 32.3. The lowest BCUT2D eigenvalue weighted by Gasteiger charge is -2.47. The number of aryl methyl sites for hydroxylation is 1. The van der Waals surface area contributed by atoms with Crippen molar-refractivity contribution in [3.63, 3.8) is 0 Å². The second kappa shape index (κ2) is 9.58. The van der Waals surface area contributed by atoms with Crippen LogP contribution in [0, 0.1) is 6.92 Å². The third kappa shape index (κ3) is 7.15. The average Bonchev–Trinajstić information content (AvgIpc) is 2.90. The molecule has 0 fully saturated rings. The highest BCUT2D eigenvalue weighted by Crippen LogP contribution is 2.61. The maximum absolute atomic E-state index is 5.87. The monoisotopic (exact) mass is 419 g/mol. The van der Waals surface area contributed by atoms with E-state index < -0.39 is 10.2 Å². The summed E-state index contributed by atoms with van der Waals surface area (Å²) < 4.78 is 9.96. The fraction of sp³-hybridized carbons (Fsp3) is 0.692. The van der Waals surface area contributed by atoms with Crippen LogP contribution in [0.25, 0.3) is 5.57 Å². The van der Waals surface area contributed by atoms with Gasteiger partial charge in [-0.3, -0.25) is 4.72 Å². The molecule has 0 aliphatic heterocycles. The van der Waals surface area contributed by atoms with Crippen molar-refractivity contribution in [2.45, 2.75) is 97.5 Å². The lowest BCUT2D eigenvalue weighted by molar-refractivity contribution is -0.00470. The number of hydrogen-bond donors (Lipinski definition) is 1. The molecular weight excluding hydrogens is 374 g/mol. The fourth-order valence-corrected chi connectivity index (χ4v) is 8.42. The standard InChI is InChI=1S/C26H45NOS/c1-20-15-14-16-22-23(19-21(2)24(20)22)29(9,27-25(3,4)5)18-13-11-10-12-17-28-26(6,7)8/h14-16,19,23,27H,10-13,17-18H2,1-9H3. The molecule has 0 saturated carbocycles. The minimum absolute atomic E-state index is 0.0163. The van der Waals surface area contributed by atoms with E-state index in [1.54, 1.807) is 0 Å². The summed E-state index contributed by atoms with van der Waals surface area (Å²) >= 11 is 0. The Morgan fingerprint density at radius 3 is 2.24 bits per heavy atom. The molecule has 166 valence electrons. The topological polar surface area (TPSA) is 21.3 Å². The molecule has 2 atom stereocenters. The van der Waals surface area contributed by atoms with Crippen LogP contribution < -0.4 is 4.72 Å². The Bertz CT molecular complexity index is 710. The summed E-state index contributed by atoms with van der Waals surface area (Å²) in [7, 11) is -1.01. The first-order chi connectivity index (χ1) is 13.3. The molecule has 2 nitrogen and oxygen atoms in total. The van der Waals surface area contributed by atoms with Gasteiger partial charge in [-0.1, -0.05) is 37.1 Å². The molecule has 29 heavy (non-hydrogen) atoms. The van der Waals surface area contributed by atoms with Crippen molar-refractivity contribution >= 4 is 15.8 Å². The molecule has 0 amide bonds. The molecule has 0 saturated heterocycles. The van der Waals surface area contributed by atoms with E-state index in [9.17, 15) is 0 Å². The van der Waals surface area contributed by atoms with Crippen LogP contribution in [-0.4, -0.2) is 29.8 Å². The van der Waals surface area contributed by atoms with E-state index in [0.717, 1.165) is 6.61 Å². The predicted molar refractivity (Wildman–Crippen MR) is 133 cm³/mol. The number of benzene rings is 1. The van der Waals surface area contributed by atoms with Crippen molar-refractivity contribution < 1.29 is 4.74 Å². The molecule has 0 aromatic heterocycles. The summed E-state index contributed by atoms with van der Waals surface area (Å²) in [4.78, 5) is 0. The van der Waals surface area contributed by atoms with Gasteiger partial charge in [0.2, 0.25) is 0 Å². The summed E-state index contributed by atoms with van der Waals surface area (Å²) in [6, 6.07) is 6.85. The van der Waals surface area contributed by atoms with Crippen LogP contribution in [0.3, 0.4) is 0 Å². The zero-order valence-corrected chi connectivity index (χ0v) is 21.3. The van der Waals surface area contributed by atoms with Crippen molar-refractivity contribution in [1.82, 2.24) is 4.72 Å². The van der Waals surface area contributed by atoms with E-state index in [4.69, 9.17) is 4.74 Å². The van der Waals surface area contributed by atoms with E-state index >= 15 is 0 Å². The van der Waals surface area contributed by atoms with Crippen molar-refractivity contribution in [3.8, 4) is 0 Å². The molecule has 2 unspecified atom stereocenters. The van der Waals surface area contributed by atoms with Crippen molar-refractivity contribution in [1.29, 1.82) is 0 Å². The number of fused-ring (bicyclic) bond motifs is 1. The second-order valence-electron chi connectivity index (χ2n) is 10.9. The zero-order valence-electron chi connectivity index (χ0n) is 20.4.